The zero-order chi connectivity index (χ0) is 18.8. The van der Waals surface area contributed by atoms with Gasteiger partial charge in [0.25, 0.3) is 0 Å². The summed E-state index contributed by atoms with van der Waals surface area (Å²) < 4.78 is 9.91. The van der Waals surface area contributed by atoms with Crippen molar-refractivity contribution in [3.8, 4) is 6.07 Å². The van der Waals surface area contributed by atoms with Crippen molar-refractivity contribution in [1.82, 2.24) is 10.3 Å². The van der Waals surface area contributed by atoms with Gasteiger partial charge in [-0.05, 0) is 29.3 Å². The van der Waals surface area contributed by atoms with Gasteiger partial charge in [0.2, 0.25) is 0 Å². The van der Waals surface area contributed by atoms with Crippen LogP contribution in [0.1, 0.15) is 11.1 Å². The second kappa shape index (κ2) is 9.64. The number of nitriles is 1. The Kier molecular flexibility index (Phi) is 6.94. The lowest BCUT2D eigenvalue weighted by molar-refractivity contribution is -0.144. The number of nitrogens with zero attached hydrogens (tertiary/aromatic N) is 2. The van der Waals surface area contributed by atoms with Gasteiger partial charge in [-0.1, -0.05) is 18.2 Å². The number of carbonyl (C=O) groups excluding carboxylic acids is 2. The monoisotopic (exact) mass is 354 g/mol. The SMILES string of the molecule is N#CCOC(=O)[C@H](Cc1cccnc1)NC(=O)OCc1ccc(N)cc1. The predicted octanol–water partition coefficient (Wildman–Crippen LogP) is 1.57. The Morgan fingerprint density at radius 3 is 2.62 bits per heavy atom. The van der Waals surface area contributed by atoms with Gasteiger partial charge in [0.1, 0.15) is 18.7 Å². The number of aromatic nitrogens is 1. The van der Waals surface area contributed by atoms with Crippen LogP contribution in [0.15, 0.2) is 48.8 Å². The number of anilines is 1. The van der Waals surface area contributed by atoms with Crippen molar-refractivity contribution in [3.63, 3.8) is 0 Å². The zero-order valence-corrected chi connectivity index (χ0v) is 13.9. The largest absolute Gasteiger partial charge is 0.449 e. The second-order valence-electron chi connectivity index (χ2n) is 5.35. The number of nitrogens with one attached hydrogen (secondary N) is 1. The highest BCUT2D eigenvalue weighted by molar-refractivity contribution is 5.81. The number of pyridine rings is 1. The van der Waals surface area contributed by atoms with E-state index in [1.807, 2.05) is 0 Å². The van der Waals surface area contributed by atoms with E-state index in [0.717, 1.165) is 11.1 Å². The molecule has 26 heavy (non-hydrogen) atoms. The maximum absolute atomic E-state index is 12.1. The Hall–Kier alpha value is -3.60. The number of benzene rings is 1. The van der Waals surface area contributed by atoms with Gasteiger partial charge in [0, 0.05) is 24.5 Å². The van der Waals surface area contributed by atoms with Crippen LogP contribution >= 0.6 is 0 Å². The van der Waals surface area contributed by atoms with Gasteiger partial charge in [0.15, 0.2) is 6.61 Å². The molecule has 0 aliphatic carbocycles. The molecule has 2 rings (SSSR count). The minimum atomic E-state index is -0.994. The van der Waals surface area contributed by atoms with E-state index in [1.54, 1.807) is 54.9 Å². The molecule has 1 aromatic carbocycles. The number of carbonyl (C=O) groups is 2. The molecule has 0 saturated carbocycles. The van der Waals surface area contributed by atoms with Crippen LogP contribution in [-0.4, -0.2) is 29.7 Å². The number of nitrogens with two attached hydrogens (primary N) is 1. The number of rotatable bonds is 7. The molecule has 0 spiro atoms. The Balaban J connectivity index is 1.95. The molecule has 1 atom stereocenters. The highest BCUT2D eigenvalue weighted by Crippen LogP contribution is 2.08. The van der Waals surface area contributed by atoms with Crippen LogP contribution < -0.4 is 11.1 Å². The number of amides is 1. The lowest BCUT2D eigenvalue weighted by atomic mass is 10.1. The van der Waals surface area contributed by atoms with E-state index in [9.17, 15) is 9.59 Å². The van der Waals surface area contributed by atoms with Crippen molar-refractivity contribution in [3.05, 3.63) is 59.9 Å². The van der Waals surface area contributed by atoms with E-state index in [0.29, 0.717) is 5.69 Å². The van der Waals surface area contributed by atoms with E-state index >= 15 is 0 Å². The third-order valence-corrected chi connectivity index (χ3v) is 3.37. The summed E-state index contributed by atoms with van der Waals surface area (Å²) in [7, 11) is 0. The second-order valence-corrected chi connectivity index (χ2v) is 5.35. The van der Waals surface area contributed by atoms with Crippen LogP contribution in [0.25, 0.3) is 0 Å². The molecule has 0 unspecified atom stereocenters. The van der Waals surface area contributed by atoms with E-state index in [1.165, 1.54) is 0 Å². The van der Waals surface area contributed by atoms with Crippen molar-refractivity contribution in [2.45, 2.75) is 19.1 Å². The fourth-order valence-corrected chi connectivity index (χ4v) is 2.10. The quantitative estimate of drug-likeness (QED) is 0.570. The molecule has 0 aliphatic heterocycles. The predicted molar refractivity (Wildman–Crippen MR) is 92.5 cm³/mol. The van der Waals surface area contributed by atoms with Gasteiger partial charge >= 0.3 is 12.1 Å². The number of nitrogen functional groups attached to an aromatic ring is 1. The molecule has 0 aliphatic rings. The fourth-order valence-electron chi connectivity index (χ4n) is 2.10. The van der Waals surface area contributed by atoms with Crippen LogP contribution in [0.4, 0.5) is 10.5 Å². The normalized spacial score (nSPS) is 11.0. The van der Waals surface area contributed by atoms with Crippen molar-refractivity contribution in [1.29, 1.82) is 5.26 Å². The summed E-state index contributed by atoms with van der Waals surface area (Å²) in [5.74, 6) is -0.722. The van der Waals surface area contributed by atoms with Gasteiger partial charge in [-0.3, -0.25) is 4.98 Å². The number of esters is 1. The summed E-state index contributed by atoms with van der Waals surface area (Å²) >= 11 is 0. The van der Waals surface area contributed by atoms with Crippen LogP contribution in [0.5, 0.6) is 0 Å². The Morgan fingerprint density at radius 2 is 1.96 bits per heavy atom. The molecule has 0 fully saturated rings. The molecular formula is C18H18N4O4. The lowest BCUT2D eigenvalue weighted by Gasteiger charge is -2.17. The number of ether oxygens (including phenoxy) is 2. The minimum absolute atomic E-state index is 0.0268. The van der Waals surface area contributed by atoms with E-state index in [2.05, 4.69) is 10.3 Å². The van der Waals surface area contributed by atoms with Gasteiger partial charge in [-0.15, -0.1) is 0 Å². The molecule has 8 heteroatoms. The van der Waals surface area contributed by atoms with Crippen LogP contribution in [0.2, 0.25) is 0 Å². The third-order valence-electron chi connectivity index (χ3n) is 3.37. The molecule has 0 saturated heterocycles. The number of hydrogen-bond donors (Lipinski definition) is 2. The first-order valence-corrected chi connectivity index (χ1v) is 7.78. The van der Waals surface area contributed by atoms with Gasteiger partial charge in [-0.2, -0.15) is 5.26 Å². The highest BCUT2D eigenvalue weighted by Gasteiger charge is 2.23. The first-order chi connectivity index (χ1) is 12.6. The first-order valence-electron chi connectivity index (χ1n) is 7.78. The van der Waals surface area contributed by atoms with Gasteiger partial charge in [0.05, 0.1) is 0 Å². The number of alkyl carbamates (subject to hydrolysis) is 1. The van der Waals surface area contributed by atoms with Crippen molar-refractivity contribution in [2.24, 2.45) is 0 Å². The Labute approximate surface area is 150 Å². The first kappa shape index (κ1) is 18.7. The van der Waals surface area contributed by atoms with Crippen molar-refractivity contribution >= 4 is 17.7 Å². The molecule has 0 bridgehead atoms. The maximum Gasteiger partial charge on any atom is 0.408 e. The number of hydrogen-bond acceptors (Lipinski definition) is 7. The molecule has 1 aromatic heterocycles. The highest BCUT2D eigenvalue weighted by atomic mass is 16.6. The summed E-state index contributed by atoms with van der Waals surface area (Å²) in [6.07, 6.45) is 2.56. The average molecular weight is 354 g/mol. The van der Waals surface area contributed by atoms with Crippen LogP contribution in [0.3, 0.4) is 0 Å². The molecule has 8 nitrogen and oxygen atoms in total. The lowest BCUT2D eigenvalue weighted by Crippen LogP contribution is -2.43. The van der Waals surface area contributed by atoms with Crippen LogP contribution in [0, 0.1) is 11.3 Å². The van der Waals surface area contributed by atoms with Gasteiger partial charge in [-0.25, -0.2) is 9.59 Å². The summed E-state index contributed by atoms with van der Waals surface area (Å²) in [6.45, 7) is -0.372. The zero-order valence-electron chi connectivity index (χ0n) is 13.9. The molecule has 0 radical (unpaired) electrons. The van der Waals surface area contributed by atoms with E-state index in [4.69, 9.17) is 20.5 Å². The van der Waals surface area contributed by atoms with Crippen molar-refractivity contribution in [2.75, 3.05) is 12.3 Å². The Morgan fingerprint density at radius 1 is 1.19 bits per heavy atom. The molecule has 2 aromatic rings. The van der Waals surface area contributed by atoms with Crippen LogP contribution in [-0.2, 0) is 27.3 Å². The van der Waals surface area contributed by atoms with Crippen molar-refractivity contribution < 1.29 is 19.1 Å². The van der Waals surface area contributed by atoms with Gasteiger partial charge < -0.3 is 20.5 Å². The van der Waals surface area contributed by atoms with E-state index in [-0.39, 0.29) is 13.0 Å². The molecule has 134 valence electrons. The third kappa shape index (κ3) is 6.13. The molecular weight excluding hydrogens is 336 g/mol. The topological polar surface area (TPSA) is 127 Å². The summed E-state index contributed by atoms with van der Waals surface area (Å²) in [5, 5.41) is 11.0. The Bertz CT molecular complexity index is 772. The smallest absolute Gasteiger partial charge is 0.408 e. The molecule has 1 heterocycles. The molecule has 3 N–H and O–H groups in total. The maximum atomic E-state index is 12.1. The summed E-state index contributed by atoms with van der Waals surface area (Å²) in [6, 6.07) is 11.1. The summed E-state index contributed by atoms with van der Waals surface area (Å²) in [4.78, 5) is 28.1. The fraction of sp³-hybridized carbons (Fsp3) is 0.222. The molecule has 1 amide bonds. The summed E-state index contributed by atoms with van der Waals surface area (Å²) in [5.41, 5.74) is 7.68. The minimum Gasteiger partial charge on any atom is -0.449 e. The standard InChI is InChI=1S/C18H18N4O4/c19-7-9-25-17(23)16(10-14-2-1-8-21-11-14)22-18(24)26-12-13-3-5-15(20)6-4-13/h1-6,8,11,16H,9-10,12,20H2,(H,22,24)/t16-/m0/s1. The average Bonchev–Trinajstić information content (AvgIpc) is 2.66. The van der Waals surface area contributed by atoms with E-state index < -0.39 is 24.7 Å².